The molecule has 2 unspecified atom stereocenters. The van der Waals surface area contributed by atoms with E-state index in [0.717, 1.165) is 29.6 Å². The molecule has 2 rings (SSSR count). The molecular formula is C19H38N2. The van der Waals surface area contributed by atoms with Crippen LogP contribution in [0, 0.1) is 29.6 Å². The highest BCUT2D eigenvalue weighted by molar-refractivity contribution is 4.82. The van der Waals surface area contributed by atoms with E-state index < -0.39 is 0 Å². The fourth-order valence-corrected chi connectivity index (χ4v) is 4.37. The molecule has 2 saturated heterocycles. The summed E-state index contributed by atoms with van der Waals surface area (Å²) in [7, 11) is 0. The Labute approximate surface area is 133 Å². The van der Waals surface area contributed by atoms with Gasteiger partial charge in [0.15, 0.2) is 0 Å². The Bertz CT molecular complexity index is 292. The molecule has 2 aliphatic heterocycles. The van der Waals surface area contributed by atoms with E-state index in [4.69, 9.17) is 0 Å². The molecule has 0 saturated carbocycles. The van der Waals surface area contributed by atoms with E-state index in [1.54, 1.807) is 0 Å². The van der Waals surface area contributed by atoms with Crippen LogP contribution in [-0.2, 0) is 0 Å². The van der Waals surface area contributed by atoms with E-state index in [-0.39, 0.29) is 0 Å². The van der Waals surface area contributed by atoms with E-state index >= 15 is 0 Å². The molecule has 2 heterocycles. The van der Waals surface area contributed by atoms with E-state index in [2.05, 4.69) is 44.4 Å². The molecule has 2 nitrogen and oxygen atoms in total. The Morgan fingerprint density at radius 3 is 2.05 bits per heavy atom. The van der Waals surface area contributed by atoms with E-state index in [1.165, 1.54) is 58.5 Å². The summed E-state index contributed by atoms with van der Waals surface area (Å²) in [5.41, 5.74) is 0. The summed E-state index contributed by atoms with van der Waals surface area (Å²) < 4.78 is 0. The molecule has 0 aromatic heterocycles. The van der Waals surface area contributed by atoms with Crippen molar-refractivity contribution < 1.29 is 0 Å². The topological polar surface area (TPSA) is 6.48 Å². The van der Waals surface area contributed by atoms with Crippen LogP contribution in [0.2, 0.25) is 0 Å². The van der Waals surface area contributed by atoms with Crippen LogP contribution in [-0.4, -0.2) is 49.1 Å². The van der Waals surface area contributed by atoms with E-state index in [9.17, 15) is 0 Å². The minimum absolute atomic E-state index is 0.809. The van der Waals surface area contributed by atoms with Crippen molar-refractivity contribution in [3.05, 3.63) is 0 Å². The molecule has 2 atom stereocenters. The normalized spacial score (nSPS) is 30.4. The molecule has 0 aromatic rings. The molecule has 2 heteroatoms. The maximum absolute atomic E-state index is 2.76. The highest BCUT2D eigenvalue weighted by Crippen LogP contribution is 2.28. The van der Waals surface area contributed by atoms with Gasteiger partial charge in [0, 0.05) is 19.6 Å². The zero-order valence-corrected chi connectivity index (χ0v) is 15.1. The molecule has 0 radical (unpaired) electrons. The minimum Gasteiger partial charge on any atom is -0.303 e. The van der Waals surface area contributed by atoms with Crippen LogP contribution >= 0.6 is 0 Å². The number of piperidine rings is 2. The van der Waals surface area contributed by atoms with Crippen molar-refractivity contribution in [3.63, 3.8) is 0 Å². The second kappa shape index (κ2) is 7.97. The van der Waals surface area contributed by atoms with Crippen molar-refractivity contribution in [1.82, 2.24) is 9.80 Å². The monoisotopic (exact) mass is 294 g/mol. The van der Waals surface area contributed by atoms with Crippen molar-refractivity contribution in [3.8, 4) is 0 Å². The number of rotatable bonds is 5. The van der Waals surface area contributed by atoms with Crippen LogP contribution in [0.5, 0.6) is 0 Å². The molecule has 0 aromatic carbocycles. The van der Waals surface area contributed by atoms with Crippen molar-refractivity contribution in [2.75, 3.05) is 39.3 Å². The largest absolute Gasteiger partial charge is 0.303 e. The molecular weight excluding hydrogens is 256 g/mol. The van der Waals surface area contributed by atoms with Gasteiger partial charge in [0.05, 0.1) is 0 Å². The second-order valence-electron chi connectivity index (χ2n) is 8.56. The number of nitrogens with zero attached hydrogens (tertiary/aromatic N) is 2. The van der Waals surface area contributed by atoms with Crippen molar-refractivity contribution in [2.24, 2.45) is 29.6 Å². The summed E-state index contributed by atoms with van der Waals surface area (Å²) in [6.45, 7) is 20.0. The lowest BCUT2D eigenvalue weighted by atomic mass is 9.83. The number of likely N-dealkylation sites (tertiary alicyclic amines) is 2. The molecule has 0 bridgehead atoms. The summed E-state index contributed by atoms with van der Waals surface area (Å²) in [4.78, 5) is 5.45. The summed E-state index contributed by atoms with van der Waals surface area (Å²) in [5, 5.41) is 0. The average Bonchev–Trinajstić information content (AvgIpc) is 2.42. The van der Waals surface area contributed by atoms with Crippen LogP contribution in [0.15, 0.2) is 0 Å². The average molecular weight is 295 g/mol. The summed E-state index contributed by atoms with van der Waals surface area (Å²) in [6.07, 6.45) is 4.27. The van der Waals surface area contributed by atoms with Gasteiger partial charge in [-0.1, -0.05) is 34.6 Å². The van der Waals surface area contributed by atoms with Gasteiger partial charge >= 0.3 is 0 Å². The van der Waals surface area contributed by atoms with Crippen LogP contribution in [0.3, 0.4) is 0 Å². The van der Waals surface area contributed by atoms with Gasteiger partial charge in [0.25, 0.3) is 0 Å². The molecule has 21 heavy (non-hydrogen) atoms. The lowest BCUT2D eigenvalue weighted by Crippen LogP contribution is -2.46. The van der Waals surface area contributed by atoms with Crippen molar-refractivity contribution >= 4 is 0 Å². The van der Waals surface area contributed by atoms with E-state index in [1.807, 2.05) is 0 Å². The zero-order valence-electron chi connectivity index (χ0n) is 15.1. The standard InChI is InChI=1S/C19H38N2/c1-15(2)12-21-11-8-19(17(5)13-21)14-20-9-6-18(7-10-20)16(3)4/h15-19H,6-14H2,1-5H3. The SMILES string of the molecule is CC(C)CN1CCC(CN2CCC(C(C)C)CC2)C(C)C1. The molecule has 0 N–H and O–H groups in total. The van der Waals surface area contributed by atoms with Gasteiger partial charge in [-0.15, -0.1) is 0 Å². The molecule has 2 aliphatic rings. The van der Waals surface area contributed by atoms with Crippen LogP contribution < -0.4 is 0 Å². The third-order valence-electron chi connectivity index (χ3n) is 5.86. The lowest BCUT2D eigenvalue weighted by molar-refractivity contribution is 0.0715. The smallest absolute Gasteiger partial charge is 0.00132 e. The number of hydrogen-bond acceptors (Lipinski definition) is 2. The lowest BCUT2D eigenvalue weighted by Gasteiger charge is -2.41. The van der Waals surface area contributed by atoms with E-state index in [0.29, 0.717) is 0 Å². The van der Waals surface area contributed by atoms with Gasteiger partial charge in [-0.3, -0.25) is 0 Å². The Kier molecular flexibility index (Phi) is 6.55. The summed E-state index contributed by atoms with van der Waals surface area (Å²) in [5.74, 6) is 4.48. The third kappa shape index (κ3) is 5.25. The Balaban J connectivity index is 1.72. The van der Waals surface area contributed by atoms with Gasteiger partial charge < -0.3 is 9.80 Å². The molecule has 124 valence electrons. The fraction of sp³-hybridized carbons (Fsp3) is 1.00. The van der Waals surface area contributed by atoms with Crippen molar-refractivity contribution in [1.29, 1.82) is 0 Å². The van der Waals surface area contributed by atoms with Gasteiger partial charge in [0.1, 0.15) is 0 Å². The third-order valence-corrected chi connectivity index (χ3v) is 5.86. The first kappa shape index (κ1) is 17.3. The highest BCUT2D eigenvalue weighted by Gasteiger charge is 2.29. The summed E-state index contributed by atoms with van der Waals surface area (Å²) in [6, 6.07) is 0. The highest BCUT2D eigenvalue weighted by atomic mass is 15.2. The second-order valence-corrected chi connectivity index (χ2v) is 8.56. The van der Waals surface area contributed by atoms with Gasteiger partial charge in [-0.05, 0) is 68.5 Å². The van der Waals surface area contributed by atoms with Crippen LogP contribution in [0.25, 0.3) is 0 Å². The van der Waals surface area contributed by atoms with Crippen LogP contribution in [0.4, 0.5) is 0 Å². The van der Waals surface area contributed by atoms with Gasteiger partial charge in [-0.25, -0.2) is 0 Å². The maximum Gasteiger partial charge on any atom is 0.00132 e. The van der Waals surface area contributed by atoms with Crippen molar-refractivity contribution in [2.45, 2.75) is 53.9 Å². The first-order chi connectivity index (χ1) is 9.95. The van der Waals surface area contributed by atoms with Gasteiger partial charge in [0.2, 0.25) is 0 Å². The predicted octanol–water partition coefficient (Wildman–Crippen LogP) is 3.97. The first-order valence-electron chi connectivity index (χ1n) is 9.40. The molecule has 0 spiro atoms. The van der Waals surface area contributed by atoms with Gasteiger partial charge in [-0.2, -0.15) is 0 Å². The fourth-order valence-electron chi connectivity index (χ4n) is 4.37. The zero-order chi connectivity index (χ0) is 15.4. The minimum atomic E-state index is 0.809. The predicted molar refractivity (Wildman–Crippen MR) is 92.6 cm³/mol. The maximum atomic E-state index is 2.76. The molecule has 0 aliphatic carbocycles. The molecule has 0 amide bonds. The summed E-state index contributed by atoms with van der Waals surface area (Å²) >= 11 is 0. The Morgan fingerprint density at radius 1 is 0.905 bits per heavy atom. The Hall–Kier alpha value is -0.0800. The quantitative estimate of drug-likeness (QED) is 0.757. The first-order valence-corrected chi connectivity index (χ1v) is 9.40. The molecule has 2 fully saturated rings. The number of hydrogen-bond donors (Lipinski definition) is 0. The Morgan fingerprint density at radius 2 is 1.52 bits per heavy atom. The van der Waals surface area contributed by atoms with Crippen LogP contribution in [0.1, 0.15) is 53.9 Å².